The second kappa shape index (κ2) is 7.07. The molecule has 0 aliphatic carbocycles. The van der Waals surface area contributed by atoms with Crippen LogP contribution in [0.2, 0.25) is 0 Å². The molecule has 0 aromatic carbocycles. The molecule has 0 bridgehead atoms. The fraction of sp³-hybridized carbons (Fsp3) is 0.923. The summed E-state index contributed by atoms with van der Waals surface area (Å²) in [6, 6.07) is 0.0101. The van der Waals surface area contributed by atoms with E-state index in [0.717, 1.165) is 52.1 Å². The highest BCUT2D eigenvalue weighted by Gasteiger charge is 2.26. The summed E-state index contributed by atoms with van der Waals surface area (Å²) in [7, 11) is 0. The van der Waals surface area contributed by atoms with Gasteiger partial charge in [-0.15, -0.1) is 0 Å². The first-order valence-electron chi connectivity index (χ1n) is 7.02. The molecule has 2 fully saturated rings. The van der Waals surface area contributed by atoms with Crippen LogP contribution in [0.3, 0.4) is 0 Å². The highest BCUT2D eigenvalue weighted by molar-refractivity contribution is 5.81. The van der Waals surface area contributed by atoms with Gasteiger partial charge in [0.25, 0.3) is 0 Å². The van der Waals surface area contributed by atoms with Gasteiger partial charge in [0.2, 0.25) is 5.91 Å². The highest BCUT2D eigenvalue weighted by atomic mass is 16.5. The van der Waals surface area contributed by atoms with Crippen LogP contribution in [0.25, 0.3) is 0 Å². The number of carbonyl (C=O) groups excluding carboxylic acids is 1. The van der Waals surface area contributed by atoms with Crippen molar-refractivity contribution in [2.45, 2.75) is 38.3 Å². The zero-order chi connectivity index (χ0) is 12.8. The van der Waals surface area contributed by atoms with Crippen LogP contribution in [0.1, 0.15) is 26.2 Å². The molecule has 2 atom stereocenters. The van der Waals surface area contributed by atoms with Crippen molar-refractivity contribution in [3.05, 3.63) is 0 Å². The minimum atomic E-state index is 0.0101. The van der Waals surface area contributed by atoms with E-state index in [-0.39, 0.29) is 18.1 Å². The van der Waals surface area contributed by atoms with Crippen molar-refractivity contribution < 1.29 is 14.3 Å². The third-order valence-corrected chi connectivity index (χ3v) is 3.67. The first kappa shape index (κ1) is 13.8. The second-order valence-corrected chi connectivity index (χ2v) is 4.96. The summed E-state index contributed by atoms with van der Waals surface area (Å²) in [6.45, 7) is 6.89. The van der Waals surface area contributed by atoms with Crippen LogP contribution in [-0.4, -0.2) is 62.4 Å². The predicted molar refractivity (Wildman–Crippen MR) is 68.5 cm³/mol. The van der Waals surface area contributed by atoms with Gasteiger partial charge in [-0.2, -0.15) is 0 Å². The Labute approximate surface area is 109 Å². The molecular formula is C13H24N2O3. The van der Waals surface area contributed by atoms with Gasteiger partial charge in [-0.3, -0.25) is 9.69 Å². The summed E-state index contributed by atoms with van der Waals surface area (Å²) >= 11 is 0. The van der Waals surface area contributed by atoms with E-state index in [0.29, 0.717) is 6.61 Å². The molecule has 0 radical (unpaired) electrons. The van der Waals surface area contributed by atoms with Crippen molar-refractivity contribution in [3.8, 4) is 0 Å². The van der Waals surface area contributed by atoms with E-state index in [4.69, 9.17) is 9.47 Å². The molecule has 0 aromatic heterocycles. The first-order chi connectivity index (χ1) is 8.81. The Kier molecular flexibility index (Phi) is 5.41. The lowest BCUT2D eigenvalue weighted by Gasteiger charge is -2.27. The van der Waals surface area contributed by atoms with Gasteiger partial charge in [0.05, 0.1) is 25.4 Å². The largest absolute Gasteiger partial charge is 0.379 e. The molecule has 1 amide bonds. The minimum Gasteiger partial charge on any atom is -0.379 e. The molecule has 2 heterocycles. The van der Waals surface area contributed by atoms with Gasteiger partial charge in [-0.1, -0.05) is 6.92 Å². The van der Waals surface area contributed by atoms with E-state index in [2.05, 4.69) is 17.1 Å². The standard InChI is InChI=1S/C13H24N2O3/c1-2-12-13(16)14-5-3-6-15(12)7-9-18-11-4-8-17-10-11/h11-12H,2-10H2,1H3,(H,14,16)/t11?,12-/m0/s1. The lowest BCUT2D eigenvalue weighted by atomic mass is 10.2. The number of ether oxygens (including phenoxy) is 2. The number of hydrogen-bond acceptors (Lipinski definition) is 4. The van der Waals surface area contributed by atoms with Gasteiger partial charge in [0.1, 0.15) is 0 Å². The fourth-order valence-electron chi connectivity index (χ4n) is 2.63. The van der Waals surface area contributed by atoms with Crippen LogP contribution in [0.4, 0.5) is 0 Å². The maximum atomic E-state index is 11.9. The smallest absolute Gasteiger partial charge is 0.237 e. The van der Waals surface area contributed by atoms with Crippen LogP contribution in [0.15, 0.2) is 0 Å². The quantitative estimate of drug-likeness (QED) is 0.773. The molecule has 5 nitrogen and oxygen atoms in total. The summed E-state index contributed by atoms with van der Waals surface area (Å²) in [6.07, 6.45) is 3.14. The normalized spacial score (nSPS) is 30.2. The van der Waals surface area contributed by atoms with Crippen LogP contribution < -0.4 is 5.32 Å². The van der Waals surface area contributed by atoms with Gasteiger partial charge in [-0.05, 0) is 19.3 Å². The molecule has 5 heteroatoms. The van der Waals surface area contributed by atoms with E-state index in [9.17, 15) is 4.79 Å². The monoisotopic (exact) mass is 256 g/mol. The van der Waals surface area contributed by atoms with Gasteiger partial charge in [0, 0.05) is 26.2 Å². The zero-order valence-corrected chi connectivity index (χ0v) is 11.2. The van der Waals surface area contributed by atoms with E-state index in [1.54, 1.807) is 0 Å². The van der Waals surface area contributed by atoms with E-state index in [1.807, 2.05) is 0 Å². The molecule has 18 heavy (non-hydrogen) atoms. The minimum absolute atomic E-state index is 0.0101. The van der Waals surface area contributed by atoms with Gasteiger partial charge >= 0.3 is 0 Å². The maximum Gasteiger partial charge on any atom is 0.237 e. The number of nitrogens with zero attached hydrogens (tertiary/aromatic N) is 1. The van der Waals surface area contributed by atoms with Crippen molar-refractivity contribution in [1.29, 1.82) is 0 Å². The Bertz CT molecular complexity index is 267. The van der Waals surface area contributed by atoms with Gasteiger partial charge in [0.15, 0.2) is 0 Å². The summed E-state index contributed by atoms with van der Waals surface area (Å²) in [5.74, 6) is 0.166. The number of nitrogens with one attached hydrogen (secondary N) is 1. The molecule has 2 aliphatic heterocycles. The van der Waals surface area contributed by atoms with E-state index >= 15 is 0 Å². The molecule has 2 saturated heterocycles. The Morgan fingerprint density at radius 3 is 3.17 bits per heavy atom. The maximum absolute atomic E-state index is 11.9. The molecule has 0 aromatic rings. The Morgan fingerprint density at radius 1 is 1.56 bits per heavy atom. The molecule has 104 valence electrons. The SMILES string of the molecule is CC[C@H]1C(=O)NCCCN1CCOC1CCOC1. The molecular weight excluding hydrogens is 232 g/mol. The highest BCUT2D eigenvalue weighted by Crippen LogP contribution is 2.11. The lowest BCUT2D eigenvalue weighted by molar-refractivity contribution is -0.125. The van der Waals surface area contributed by atoms with E-state index in [1.165, 1.54) is 0 Å². The van der Waals surface area contributed by atoms with Crippen LogP contribution in [0.5, 0.6) is 0 Å². The van der Waals surface area contributed by atoms with Crippen LogP contribution >= 0.6 is 0 Å². The van der Waals surface area contributed by atoms with Crippen LogP contribution in [0, 0.1) is 0 Å². The molecule has 0 spiro atoms. The molecule has 2 aliphatic rings. The average molecular weight is 256 g/mol. The van der Waals surface area contributed by atoms with Crippen molar-refractivity contribution >= 4 is 5.91 Å². The predicted octanol–water partition coefficient (Wildman–Crippen LogP) is 0.392. The molecule has 2 rings (SSSR count). The second-order valence-electron chi connectivity index (χ2n) is 4.96. The van der Waals surface area contributed by atoms with E-state index < -0.39 is 0 Å². The topological polar surface area (TPSA) is 50.8 Å². The number of carbonyl (C=O) groups is 1. The van der Waals surface area contributed by atoms with Crippen molar-refractivity contribution in [1.82, 2.24) is 10.2 Å². The summed E-state index contributed by atoms with van der Waals surface area (Å²) in [5.41, 5.74) is 0. The van der Waals surface area contributed by atoms with Crippen molar-refractivity contribution in [2.75, 3.05) is 39.5 Å². The first-order valence-corrected chi connectivity index (χ1v) is 7.02. The Morgan fingerprint density at radius 2 is 2.44 bits per heavy atom. The average Bonchev–Trinajstić information content (AvgIpc) is 2.81. The van der Waals surface area contributed by atoms with Crippen molar-refractivity contribution in [3.63, 3.8) is 0 Å². The number of hydrogen-bond donors (Lipinski definition) is 1. The Balaban J connectivity index is 1.76. The molecule has 1 N–H and O–H groups in total. The number of amides is 1. The molecule has 0 saturated carbocycles. The summed E-state index contributed by atoms with van der Waals surface area (Å²) in [4.78, 5) is 14.1. The Hall–Kier alpha value is -0.650. The zero-order valence-electron chi connectivity index (χ0n) is 11.2. The van der Waals surface area contributed by atoms with Crippen molar-refractivity contribution in [2.24, 2.45) is 0 Å². The summed E-state index contributed by atoms with van der Waals surface area (Å²) < 4.78 is 11.1. The summed E-state index contributed by atoms with van der Waals surface area (Å²) in [5, 5.41) is 2.97. The lowest BCUT2D eigenvalue weighted by Crippen LogP contribution is -2.45. The van der Waals surface area contributed by atoms with Gasteiger partial charge in [-0.25, -0.2) is 0 Å². The number of rotatable bonds is 5. The molecule has 1 unspecified atom stereocenters. The fourth-order valence-corrected chi connectivity index (χ4v) is 2.63. The van der Waals surface area contributed by atoms with Crippen LogP contribution in [-0.2, 0) is 14.3 Å². The van der Waals surface area contributed by atoms with Gasteiger partial charge < -0.3 is 14.8 Å². The third-order valence-electron chi connectivity index (χ3n) is 3.67. The third kappa shape index (κ3) is 3.67.